The minimum absolute atomic E-state index is 0.0936. The summed E-state index contributed by atoms with van der Waals surface area (Å²) in [6.07, 6.45) is 6.37. The number of hydrogen-bond donors (Lipinski definition) is 2. The van der Waals surface area contributed by atoms with Crippen molar-refractivity contribution in [3.63, 3.8) is 0 Å². The number of nitrogens with zero attached hydrogens (tertiary/aromatic N) is 2. The Morgan fingerprint density at radius 2 is 1.77 bits per heavy atom. The number of amides is 1. The number of halogens is 1. The van der Waals surface area contributed by atoms with Crippen LogP contribution in [0.1, 0.15) is 26.3 Å². The van der Waals surface area contributed by atoms with E-state index in [4.69, 9.17) is 5.11 Å². The molecule has 0 atom stereocenters. The number of rotatable bonds is 8. The van der Waals surface area contributed by atoms with Crippen molar-refractivity contribution in [1.29, 1.82) is 0 Å². The number of likely N-dealkylation sites (N-methyl/N-ethyl adjacent to an activating group) is 1. The third kappa shape index (κ3) is 6.34. The van der Waals surface area contributed by atoms with E-state index >= 15 is 0 Å². The summed E-state index contributed by atoms with van der Waals surface area (Å²) in [5.41, 5.74) is 3.45. The monoisotopic (exact) mass is 479 g/mol. The highest BCUT2D eigenvalue weighted by Gasteiger charge is 2.08. The van der Waals surface area contributed by atoms with Crippen LogP contribution in [0, 0.1) is 0 Å². The first kappa shape index (κ1) is 22.4. The molecular weight excluding hydrogens is 458 g/mol. The fourth-order valence-corrected chi connectivity index (χ4v) is 3.21. The number of ketones is 1. The first-order valence-electron chi connectivity index (χ1n) is 9.63. The van der Waals surface area contributed by atoms with Crippen molar-refractivity contribution in [2.75, 3.05) is 30.4 Å². The molecule has 0 bridgehead atoms. The average Bonchev–Trinajstić information content (AvgIpc) is 2.78. The number of aliphatic hydroxyl groups is 1. The molecule has 3 rings (SSSR count). The number of aliphatic hydroxyl groups excluding tert-OH is 1. The molecule has 0 unspecified atom stereocenters. The van der Waals surface area contributed by atoms with Crippen LogP contribution >= 0.6 is 15.9 Å². The molecule has 6 nitrogen and oxygen atoms in total. The maximum Gasteiger partial charge on any atom is 0.257 e. The summed E-state index contributed by atoms with van der Waals surface area (Å²) in [4.78, 5) is 30.7. The molecule has 31 heavy (non-hydrogen) atoms. The highest BCUT2D eigenvalue weighted by atomic mass is 79.9. The van der Waals surface area contributed by atoms with Crippen molar-refractivity contribution in [2.24, 2.45) is 0 Å². The van der Waals surface area contributed by atoms with E-state index in [-0.39, 0.29) is 18.3 Å². The van der Waals surface area contributed by atoms with Gasteiger partial charge >= 0.3 is 0 Å². The van der Waals surface area contributed by atoms with Gasteiger partial charge in [-0.1, -0.05) is 18.2 Å². The summed E-state index contributed by atoms with van der Waals surface area (Å²) in [7, 11) is 1.91. The lowest BCUT2D eigenvalue weighted by molar-refractivity contribution is 0.102. The van der Waals surface area contributed by atoms with Gasteiger partial charge in [-0.25, -0.2) is 0 Å². The van der Waals surface area contributed by atoms with Crippen LogP contribution < -0.4 is 10.2 Å². The molecule has 0 radical (unpaired) electrons. The lowest BCUT2D eigenvalue weighted by Crippen LogP contribution is -2.20. The molecule has 1 amide bonds. The SMILES string of the molecule is CN(CCO)c1ccc(/C=C/C(=O)c2ccc(NC(=O)c3cncc(Br)c3)cc2)cc1. The zero-order valence-corrected chi connectivity index (χ0v) is 18.5. The molecule has 0 aliphatic carbocycles. The predicted octanol–water partition coefficient (Wildman–Crippen LogP) is 4.42. The predicted molar refractivity (Wildman–Crippen MR) is 126 cm³/mol. The van der Waals surface area contributed by atoms with E-state index in [1.165, 1.54) is 12.3 Å². The first-order chi connectivity index (χ1) is 15.0. The zero-order chi connectivity index (χ0) is 22.2. The van der Waals surface area contributed by atoms with E-state index in [1.54, 1.807) is 42.6 Å². The van der Waals surface area contributed by atoms with Crippen LogP contribution in [0.2, 0.25) is 0 Å². The van der Waals surface area contributed by atoms with Crippen LogP contribution in [0.3, 0.4) is 0 Å². The van der Waals surface area contributed by atoms with Gasteiger partial charge in [0.15, 0.2) is 5.78 Å². The van der Waals surface area contributed by atoms with E-state index in [9.17, 15) is 9.59 Å². The van der Waals surface area contributed by atoms with Crippen LogP contribution in [0.25, 0.3) is 6.08 Å². The minimum Gasteiger partial charge on any atom is -0.395 e. The number of aromatic nitrogens is 1. The van der Waals surface area contributed by atoms with Crippen molar-refractivity contribution in [3.05, 3.63) is 94.2 Å². The van der Waals surface area contributed by atoms with Crippen molar-refractivity contribution in [3.8, 4) is 0 Å². The van der Waals surface area contributed by atoms with Crippen LogP contribution in [0.4, 0.5) is 11.4 Å². The van der Waals surface area contributed by atoms with Crippen LogP contribution in [0.5, 0.6) is 0 Å². The molecule has 0 saturated heterocycles. The van der Waals surface area contributed by atoms with Gasteiger partial charge < -0.3 is 15.3 Å². The fraction of sp³-hybridized carbons (Fsp3) is 0.125. The Morgan fingerprint density at radius 1 is 1.06 bits per heavy atom. The molecule has 0 fully saturated rings. The Hall–Kier alpha value is -3.29. The number of benzene rings is 2. The zero-order valence-electron chi connectivity index (χ0n) is 17.0. The Bertz CT molecular complexity index is 1080. The Labute approximate surface area is 189 Å². The van der Waals surface area contributed by atoms with Crippen molar-refractivity contribution >= 4 is 45.1 Å². The average molecular weight is 480 g/mol. The molecule has 2 N–H and O–H groups in total. The van der Waals surface area contributed by atoms with Crippen LogP contribution in [-0.2, 0) is 0 Å². The number of carbonyl (C=O) groups is 2. The number of anilines is 2. The molecule has 0 aliphatic heterocycles. The second kappa shape index (κ2) is 10.7. The van der Waals surface area contributed by atoms with Gasteiger partial charge in [-0.05, 0) is 70.0 Å². The van der Waals surface area contributed by atoms with E-state index in [1.807, 2.05) is 36.2 Å². The fourth-order valence-electron chi connectivity index (χ4n) is 2.84. The Balaban J connectivity index is 1.60. The number of pyridine rings is 1. The topological polar surface area (TPSA) is 82.5 Å². The lowest BCUT2D eigenvalue weighted by atomic mass is 10.1. The largest absolute Gasteiger partial charge is 0.395 e. The third-order valence-corrected chi connectivity index (χ3v) is 5.02. The molecule has 1 heterocycles. The van der Waals surface area contributed by atoms with Crippen LogP contribution in [0.15, 0.2) is 77.5 Å². The summed E-state index contributed by atoms with van der Waals surface area (Å²) in [5, 5.41) is 11.8. The third-order valence-electron chi connectivity index (χ3n) is 4.59. The van der Waals surface area contributed by atoms with Gasteiger partial charge in [-0.15, -0.1) is 0 Å². The minimum atomic E-state index is -0.277. The van der Waals surface area contributed by atoms with Gasteiger partial charge in [0.2, 0.25) is 0 Å². The second-order valence-corrected chi connectivity index (χ2v) is 7.77. The maximum atomic E-state index is 12.4. The Morgan fingerprint density at radius 3 is 2.42 bits per heavy atom. The van der Waals surface area contributed by atoms with E-state index in [2.05, 4.69) is 26.2 Å². The summed E-state index contributed by atoms with van der Waals surface area (Å²) < 4.78 is 0.722. The summed E-state index contributed by atoms with van der Waals surface area (Å²) in [5.74, 6) is -0.406. The van der Waals surface area contributed by atoms with Gasteiger partial charge in [0.05, 0.1) is 12.2 Å². The van der Waals surface area contributed by atoms with Gasteiger partial charge in [0.25, 0.3) is 5.91 Å². The van der Waals surface area contributed by atoms with Crippen LogP contribution in [-0.4, -0.2) is 42.0 Å². The lowest BCUT2D eigenvalue weighted by Gasteiger charge is -2.17. The smallest absolute Gasteiger partial charge is 0.257 e. The molecule has 0 aliphatic rings. The summed E-state index contributed by atoms with van der Waals surface area (Å²) in [6.45, 7) is 0.653. The number of hydrogen-bond acceptors (Lipinski definition) is 5. The molecule has 0 saturated carbocycles. The molecule has 158 valence electrons. The van der Waals surface area contributed by atoms with Gasteiger partial charge in [0, 0.05) is 47.4 Å². The second-order valence-electron chi connectivity index (χ2n) is 6.86. The van der Waals surface area contributed by atoms with Gasteiger partial charge in [-0.3, -0.25) is 14.6 Å². The van der Waals surface area contributed by atoms with E-state index in [0.29, 0.717) is 23.4 Å². The Kier molecular flexibility index (Phi) is 7.70. The molecule has 3 aromatic rings. The molecule has 7 heteroatoms. The standard InChI is InChI=1S/C24H22BrN3O3/c1-28(12-13-29)22-9-2-17(3-10-22)4-11-23(30)18-5-7-21(8-6-18)27-24(31)19-14-20(25)16-26-15-19/h2-11,14-16,29H,12-13H2,1H3,(H,27,31)/b11-4+. The van der Waals surface area contributed by atoms with Crippen molar-refractivity contribution in [1.82, 2.24) is 4.98 Å². The maximum absolute atomic E-state index is 12.4. The van der Waals surface area contributed by atoms with Gasteiger partial charge in [0.1, 0.15) is 0 Å². The highest BCUT2D eigenvalue weighted by molar-refractivity contribution is 9.10. The van der Waals surface area contributed by atoms with Crippen molar-refractivity contribution < 1.29 is 14.7 Å². The summed E-state index contributed by atoms with van der Waals surface area (Å²) in [6, 6.07) is 16.1. The number of nitrogens with one attached hydrogen (secondary N) is 1. The molecule has 2 aromatic carbocycles. The number of allylic oxidation sites excluding steroid dienone is 1. The quantitative estimate of drug-likeness (QED) is 0.369. The van der Waals surface area contributed by atoms with Crippen molar-refractivity contribution in [2.45, 2.75) is 0 Å². The summed E-state index contributed by atoms with van der Waals surface area (Å²) >= 11 is 3.29. The highest BCUT2D eigenvalue weighted by Crippen LogP contribution is 2.16. The molecule has 0 spiro atoms. The van der Waals surface area contributed by atoms with Gasteiger partial charge in [-0.2, -0.15) is 0 Å². The first-order valence-corrected chi connectivity index (χ1v) is 10.4. The van der Waals surface area contributed by atoms with E-state index in [0.717, 1.165) is 15.7 Å². The molecule has 1 aromatic heterocycles. The normalized spacial score (nSPS) is 10.8. The van der Waals surface area contributed by atoms with E-state index < -0.39 is 0 Å². The molecular formula is C24H22BrN3O3. The number of carbonyl (C=O) groups excluding carboxylic acids is 2.